The number of nitrogens with zero attached hydrogens (tertiary/aromatic N) is 4. The molecule has 2 unspecified atom stereocenters. The third-order valence-corrected chi connectivity index (χ3v) is 7.03. The summed E-state index contributed by atoms with van der Waals surface area (Å²) in [4.78, 5) is 12.4. The van der Waals surface area contributed by atoms with Crippen LogP contribution in [0.3, 0.4) is 0 Å². The number of hydrogen-bond acceptors (Lipinski definition) is 9. The van der Waals surface area contributed by atoms with Crippen LogP contribution >= 0.6 is 7.52 Å². The number of fused-ring (bicyclic) bond motifs is 1. The highest BCUT2D eigenvalue weighted by Gasteiger charge is 2.36. The molecule has 4 atom stereocenters. The molecule has 12 heteroatoms. The number of unbranched alkanes of at least 4 members (excludes halogenated alkanes) is 2. The molecule has 1 fully saturated rings. The third kappa shape index (κ3) is 6.69. The van der Waals surface area contributed by atoms with Crippen molar-refractivity contribution in [2.75, 3.05) is 25.3 Å². The fourth-order valence-electron chi connectivity index (χ4n) is 3.59. The largest absolute Gasteiger partial charge is 0.382 e. The lowest BCUT2D eigenvalue weighted by atomic mass is 10.0. The van der Waals surface area contributed by atoms with Crippen molar-refractivity contribution >= 4 is 24.5 Å². The topological polar surface area (TPSA) is 147 Å². The first kappa shape index (κ1) is 25.0. The van der Waals surface area contributed by atoms with Crippen molar-refractivity contribution in [3.63, 3.8) is 0 Å². The highest BCUT2D eigenvalue weighted by molar-refractivity contribution is 7.56. The van der Waals surface area contributed by atoms with Crippen LogP contribution in [0.15, 0.2) is 12.7 Å². The SMILES string of the molecule is CCCCCOC(O)[C@H](CC(C)C)NP1(=O)CO[C@@H](Cn2cnc3c(N)ncnc32)CO1. The van der Waals surface area contributed by atoms with E-state index in [0.717, 1.165) is 19.3 Å². The van der Waals surface area contributed by atoms with Crippen LogP contribution in [0, 0.1) is 5.92 Å². The zero-order valence-corrected chi connectivity index (χ0v) is 19.9. The van der Waals surface area contributed by atoms with Crippen molar-refractivity contribution in [2.24, 2.45) is 5.92 Å². The van der Waals surface area contributed by atoms with Crippen molar-refractivity contribution in [1.82, 2.24) is 24.6 Å². The highest BCUT2D eigenvalue weighted by Crippen LogP contribution is 2.47. The number of imidazole rings is 1. The Balaban J connectivity index is 1.55. The Bertz CT molecular complexity index is 898. The molecule has 3 heterocycles. The van der Waals surface area contributed by atoms with Crippen molar-refractivity contribution in [3.05, 3.63) is 12.7 Å². The standard InChI is InChI=1S/C20H35N6O5P/c1-4-5-6-7-29-20(27)16(8-14(2)3)25-32(28)13-30-15(10-31-32)9-26-12-24-17-18(21)22-11-23-19(17)26/h11-12,14-16,20,27H,4-10,13H2,1-3H3,(H,25,28)(H2,21,22,23)/t15-,16-,20?,32?/m0/s1. The Kier molecular flexibility index (Phi) is 8.98. The molecule has 0 aromatic carbocycles. The zero-order chi connectivity index (χ0) is 23.1. The first-order chi connectivity index (χ1) is 15.3. The quantitative estimate of drug-likeness (QED) is 0.240. The fourth-order valence-corrected chi connectivity index (χ4v) is 5.37. The van der Waals surface area contributed by atoms with E-state index >= 15 is 0 Å². The average molecular weight is 471 g/mol. The van der Waals surface area contributed by atoms with Crippen LogP contribution in [0.2, 0.25) is 0 Å². The molecule has 180 valence electrons. The molecule has 11 nitrogen and oxygen atoms in total. The molecule has 1 aliphatic rings. The van der Waals surface area contributed by atoms with Gasteiger partial charge in [0.1, 0.15) is 24.3 Å². The smallest absolute Gasteiger partial charge is 0.295 e. The molecule has 0 saturated carbocycles. The molecule has 1 aliphatic heterocycles. The summed E-state index contributed by atoms with van der Waals surface area (Å²) in [6, 6.07) is -0.514. The van der Waals surface area contributed by atoms with Crippen LogP contribution in [-0.4, -0.2) is 62.6 Å². The maximum atomic E-state index is 13.2. The van der Waals surface area contributed by atoms with Gasteiger partial charge in [-0.1, -0.05) is 33.6 Å². The summed E-state index contributed by atoms with van der Waals surface area (Å²) in [5.74, 6) is 0.588. The van der Waals surface area contributed by atoms with Gasteiger partial charge in [0, 0.05) is 6.61 Å². The Morgan fingerprint density at radius 2 is 2.19 bits per heavy atom. The normalized spacial score (nSPS) is 23.6. The van der Waals surface area contributed by atoms with Crippen LogP contribution in [0.25, 0.3) is 11.2 Å². The van der Waals surface area contributed by atoms with Crippen molar-refractivity contribution in [3.8, 4) is 0 Å². The van der Waals surface area contributed by atoms with Gasteiger partial charge in [-0.15, -0.1) is 0 Å². The van der Waals surface area contributed by atoms with Gasteiger partial charge in [0.15, 0.2) is 17.8 Å². The number of anilines is 1. The third-order valence-electron chi connectivity index (χ3n) is 5.25. The first-order valence-corrected chi connectivity index (χ1v) is 13.0. The van der Waals surface area contributed by atoms with Gasteiger partial charge in [-0.05, 0) is 18.8 Å². The second-order valence-corrected chi connectivity index (χ2v) is 10.7. The predicted octanol–water partition coefficient (Wildman–Crippen LogP) is 2.50. The number of nitrogen functional groups attached to an aromatic ring is 1. The van der Waals surface area contributed by atoms with Crippen LogP contribution in [0.1, 0.15) is 46.5 Å². The van der Waals surface area contributed by atoms with Crippen molar-refractivity contribution in [2.45, 2.75) is 71.4 Å². The van der Waals surface area contributed by atoms with E-state index in [0.29, 0.717) is 36.6 Å². The summed E-state index contributed by atoms with van der Waals surface area (Å²) in [6.07, 6.45) is 5.09. The molecule has 32 heavy (non-hydrogen) atoms. The molecule has 0 aliphatic carbocycles. The molecular weight excluding hydrogens is 435 g/mol. The summed E-state index contributed by atoms with van der Waals surface area (Å²) >= 11 is 0. The van der Waals surface area contributed by atoms with Gasteiger partial charge in [-0.2, -0.15) is 0 Å². The summed E-state index contributed by atoms with van der Waals surface area (Å²) in [7, 11) is -3.29. The highest BCUT2D eigenvalue weighted by atomic mass is 31.2. The second-order valence-electron chi connectivity index (χ2n) is 8.55. The average Bonchev–Trinajstić information content (AvgIpc) is 3.16. The second kappa shape index (κ2) is 11.5. The molecule has 0 radical (unpaired) electrons. The summed E-state index contributed by atoms with van der Waals surface area (Å²) in [6.45, 7) is 7.19. The Hall–Kier alpha value is -1.62. The number of ether oxygens (including phenoxy) is 2. The monoisotopic (exact) mass is 470 g/mol. The minimum atomic E-state index is -3.29. The van der Waals surface area contributed by atoms with E-state index in [9.17, 15) is 9.67 Å². The Morgan fingerprint density at radius 1 is 1.38 bits per heavy atom. The number of aromatic nitrogens is 4. The van der Waals surface area contributed by atoms with Crippen LogP contribution in [0.5, 0.6) is 0 Å². The molecule has 0 spiro atoms. The van der Waals surface area contributed by atoms with Gasteiger partial charge < -0.3 is 29.4 Å². The van der Waals surface area contributed by atoms with E-state index in [2.05, 4.69) is 27.0 Å². The van der Waals surface area contributed by atoms with Crippen molar-refractivity contribution < 1.29 is 23.7 Å². The summed E-state index contributed by atoms with van der Waals surface area (Å²) in [5, 5.41) is 13.5. The number of hydrogen-bond donors (Lipinski definition) is 3. The molecule has 0 amide bonds. The lowest BCUT2D eigenvalue weighted by Gasteiger charge is -2.34. The Labute approximate surface area is 188 Å². The van der Waals surface area contributed by atoms with E-state index < -0.39 is 19.9 Å². The van der Waals surface area contributed by atoms with Gasteiger partial charge in [-0.25, -0.2) is 20.0 Å². The minimum Gasteiger partial charge on any atom is -0.382 e. The lowest BCUT2D eigenvalue weighted by Crippen LogP contribution is -2.43. The van der Waals surface area contributed by atoms with Crippen molar-refractivity contribution in [1.29, 1.82) is 0 Å². The van der Waals surface area contributed by atoms with Gasteiger partial charge in [0.2, 0.25) is 0 Å². The predicted molar refractivity (Wildman–Crippen MR) is 121 cm³/mol. The van der Waals surface area contributed by atoms with Crippen LogP contribution in [0.4, 0.5) is 5.82 Å². The van der Waals surface area contributed by atoms with E-state index in [1.807, 2.05) is 13.8 Å². The molecule has 3 rings (SSSR count). The Morgan fingerprint density at radius 3 is 2.88 bits per heavy atom. The number of nitrogens with one attached hydrogen (secondary N) is 1. The van der Waals surface area contributed by atoms with Gasteiger partial charge in [-0.3, -0.25) is 4.57 Å². The number of rotatable bonds is 12. The van der Waals surface area contributed by atoms with E-state index in [1.165, 1.54) is 6.33 Å². The van der Waals surface area contributed by atoms with E-state index in [-0.39, 0.29) is 25.0 Å². The van der Waals surface area contributed by atoms with E-state index in [4.69, 9.17) is 19.7 Å². The molecular formula is C20H35N6O5P. The molecule has 2 aromatic rings. The lowest BCUT2D eigenvalue weighted by molar-refractivity contribution is -0.121. The maximum Gasteiger partial charge on any atom is 0.295 e. The van der Waals surface area contributed by atoms with Gasteiger partial charge in [0.05, 0.1) is 25.5 Å². The molecule has 0 bridgehead atoms. The number of nitrogens with two attached hydrogens (primary N) is 1. The molecule has 1 saturated heterocycles. The van der Waals surface area contributed by atoms with Crippen LogP contribution in [-0.2, 0) is 25.1 Å². The minimum absolute atomic E-state index is 0.0986. The van der Waals surface area contributed by atoms with E-state index in [1.54, 1.807) is 10.9 Å². The first-order valence-electron chi connectivity index (χ1n) is 11.1. The summed E-state index contributed by atoms with van der Waals surface area (Å²) in [5.41, 5.74) is 6.96. The maximum absolute atomic E-state index is 13.2. The molecule has 2 aromatic heterocycles. The molecule has 4 N–H and O–H groups in total. The number of aliphatic hydroxyl groups is 1. The summed E-state index contributed by atoms with van der Waals surface area (Å²) < 4.78 is 32.2. The number of aliphatic hydroxyl groups excluding tert-OH is 1. The van der Waals surface area contributed by atoms with Crippen LogP contribution < -0.4 is 10.8 Å². The zero-order valence-electron chi connectivity index (χ0n) is 19.0. The van der Waals surface area contributed by atoms with Gasteiger partial charge >= 0.3 is 0 Å². The van der Waals surface area contributed by atoms with Gasteiger partial charge in [0.25, 0.3) is 7.52 Å². The fraction of sp³-hybridized carbons (Fsp3) is 0.750.